The zero-order valence-corrected chi connectivity index (χ0v) is 13.7. The number of carbonyl (C=O) groups is 1. The fourth-order valence-corrected chi connectivity index (χ4v) is 2.93. The van der Waals surface area contributed by atoms with E-state index in [4.69, 9.17) is 4.74 Å². The van der Waals surface area contributed by atoms with Crippen molar-refractivity contribution in [2.24, 2.45) is 0 Å². The molecule has 0 spiro atoms. The highest BCUT2D eigenvalue weighted by atomic mass is 16.5. The van der Waals surface area contributed by atoms with Crippen LogP contribution in [0, 0.1) is 0 Å². The lowest BCUT2D eigenvalue weighted by Gasteiger charge is -2.16. The Hall–Kier alpha value is -2.81. The van der Waals surface area contributed by atoms with Crippen molar-refractivity contribution in [3.05, 3.63) is 70.8 Å². The monoisotopic (exact) mass is 320 g/mol. The molecule has 0 saturated heterocycles. The van der Waals surface area contributed by atoms with Crippen LogP contribution in [0.25, 0.3) is 12.2 Å². The summed E-state index contributed by atoms with van der Waals surface area (Å²) in [5, 5.41) is 9.57. The van der Waals surface area contributed by atoms with E-state index in [-0.39, 0.29) is 11.5 Å². The molecular weight excluding hydrogens is 300 g/mol. The van der Waals surface area contributed by atoms with Crippen molar-refractivity contribution in [3.8, 4) is 11.5 Å². The Labute approximate surface area is 141 Å². The van der Waals surface area contributed by atoms with Crippen LogP contribution in [0.15, 0.2) is 59.7 Å². The van der Waals surface area contributed by atoms with Crippen molar-refractivity contribution < 1.29 is 14.6 Å². The largest absolute Gasteiger partial charge is 0.508 e. The lowest BCUT2D eigenvalue weighted by atomic mass is 9.87. The topological polar surface area (TPSA) is 46.5 Å². The lowest BCUT2D eigenvalue weighted by Crippen LogP contribution is -2.12. The molecule has 0 heterocycles. The zero-order valence-electron chi connectivity index (χ0n) is 13.7. The van der Waals surface area contributed by atoms with E-state index in [2.05, 4.69) is 0 Å². The molecule has 3 rings (SSSR count). The summed E-state index contributed by atoms with van der Waals surface area (Å²) in [5.41, 5.74) is 3.43. The van der Waals surface area contributed by atoms with E-state index < -0.39 is 0 Å². The second-order valence-electron chi connectivity index (χ2n) is 5.89. The van der Waals surface area contributed by atoms with Gasteiger partial charge in [0, 0.05) is 11.1 Å². The second-order valence-corrected chi connectivity index (χ2v) is 5.89. The average molecular weight is 320 g/mol. The Kier molecular flexibility index (Phi) is 4.80. The number of Topliss-reactive ketones (excluding diaryl/α,β-unsaturated/α-hetero) is 1. The number of carbonyl (C=O) groups excluding carboxylic acids is 1. The quantitative estimate of drug-likeness (QED) is 0.839. The molecule has 24 heavy (non-hydrogen) atoms. The van der Waals surface area contributed by atoms with E-state index >= 15 is 0 Å². The Balaban J connectivity index is 1.88. The van der Waals surface area contributed by atoms with Gasteiger partial charge in [-0.15, -0.1) is 0 Å². The fourth-order valence-electron chi connectivity index (χ4n) is 2.93. The van der Waals surface area contributed by atoms with Gasteiger partial charge in [-0.1, -0.05) is 24.3 Å². The molecule has 1 fully saturated rings. The van der Waals surface area contributed by atoms with E-state index in [1.807, 2.05) is 42.5 Å². The minimum Gasteiger partial charge on any atom is -0.508 e. The van der Waals surface area contributed by atoms with Crippen LogP contribution < -0.4 is 4.74 Å². The van der Waals surface area contributed by atoms with Crippen LogP contribution in [0.2, 0.25) is 0 Å². The Morgan fingerprint density at radius 2 is 1.58 bits per heavy atom. The predicted octanol–water partition coefficient (Wildman–Crippen LogP) is 4.62. The maximum atomic E-state index is 12.7. The number of phenolic OH excluding ortho intramolecular Hbond substituents is 1. The van der Waals surface area contributed by atoms with Crippen molar-refractivity contribution in [2.45, 2.75) is 19.3 Å². The second kappa shape index (κ2) is 7.18. The molecule has 0 bridgehead atoms. The van der Waals surface area contributed by atoms with E-state index in [0.717, 1.165) is 47.3 Å². The fraction of sp³-hybridized carbons (Fsp3) is 0.190. The van der Waals surface area contributed by atoms with Gasteiger partial charge in [0.2, 0.25) is 0 Å². The number of rotatable bonds is 3. The molecule has 122 valence electrons. The number of methoxy groups -OCH3 is 1. The average Bonchev–Trinajstić information content (AvgIpc) is 2.59. The van der Waals surface area contributed by atoms with Gasteiger partial charge in [-0.25, -0.2) is 0 Å². The third-order valence-electron chi connectivity index (χ3n) is 4.12. The maximum Gasteiger partial charge on any atom is 0.185 e. The summed E-state index contributed by atoms with van der Waals surface area (Å²) in [5.74, 6) is 1.08. The smallest absolute Gasteiger partial charge is 0.185 e. The van der Waals surface area contributed by atoms with Crippen molar-refractivity contribution in [3.63, 3.8) is 0 Å². The van der Waals surface area contributed by atoms with Crippen LogP contribution in [0.4, 0.5) is 0 Å². The molecular formula is C21H20O3. The number of phenols is 1. The molecule has 2 aromatic carbocycles. The zero-order chi connectivity index (χ0) is 16.9. The molecule has 1 aliphatic rings. The molecule has 1 aliphatic carbocycles. The van der Waals surface area contributed by atoms with Gasteiger partial charge in [-0.2, -0.15) is 0 Å². The van der Waals surface area contributed by atoms with E-state index in [1.165, 1.54) is 0 Å². The molecule has 0 aromatic heterocycles. The number of ketones is 1. The number of benzene rings is 2. The normalized spacial score (nSPS) is 18.1. The van der Waals surface area contributed by atoms with Gasteiger partial charge in [0.1, 0.15) is 11.5 Å². The van der Waals surface area contributed by atoms with Gasteiger partial charge in [-0.3, -0.25) is 4.79 Å². The van der Waals surface area contributed by atoms with Gasteiger partial charge < -0.3 is 9.84 Å². The van der Waals surface area contributed by atoms with Crippen LogP contribution in [0.3, 0.4) is 0 Å². The maximum absolute atomic E-state index is 12.7. The molecule has 1 N–H and O–H groups in total. The third kappa shape index (κ3) is 3.74. The number of aromatic hydroxyl groups is 1. The molecule has 3 heteroatoms. The Morgan fingerprint density at radius 1 is 0.958 bits per heavy atom. The van der Waals surface area contributed by atoms with Gasteiger partial charge in [-0.05, 0) is 66.8 Å². The summed E-state index contributed by atoms with van der Waals surface area (Å²) >= 11 is 0. The standard InChI is InChI=1S/C21H20O3/c1-24-20-10-3-6-16(14-20)12-18-8-4-7-17(21(18)23)11-15-5-2-9-19(22)13-15/h2-3,5-6,9-14,22H,4,7-8H2,1H3. The van der Waals surface area contributed by atoms with E-state index in [0.29, 0.717) is 0 Å². The lowest BCUT2D eigenvalue weighted by molar-refractivity contribution is -0.112. The molecule has 0 amide bonds. The first-order valence-corrected chi connectivity index (χ1v) is 8.04. The molecule has 0 radical (unpaired) electrons. The highest BCUT2D eigenvalue weighted by Gasteiger charge is 2.20. The summed E-state index contributed by atoms with van der Waals surface area (Å²) in [6, 6.07) is 14.7. The highest BCUT2D eigenvalue weighted by molar-refractivity contribution is 6.13. The summed E-state index contributed by atoms with van der Waals surface area (Å²) in [6.07, 6.45) is 6.32. The van der Waals surface area contributed by atoms with Crippen molar-refractivity contribution in [1.29, 1.82) is 0 Å². The molecule has 0 atom stereocenters. The summed E-state index contributed by atoms with van der Waals surface area (Å²) in [6.45, 7) is 0. The van der Waals surface area contributed by atoms with Crippen LogP contribution in [0.5, 0.6) is 11.5 Å². The Morgan fingerprint density at radius 3 is 2.21 bits per heavy atom. The first kappa shape index (κ1) is 16.1. The van der Waals surface area contributed by atoms with Crippen LogP contribution in [0.1, 0.15) is 30.4 Å². The van der Waals surface area contributed by atoms with E-state index in [1.54, 1.807) is 25.3 Å². The molecule has 0 aliphatic heterocycles. The number of ether oxygens (including phenoxy) is 1. The Bertz CT molecular complexity index is 815. The molecule has 2 aromatic rings. The van der Waals surface area contributed by atoms with Crippen LogP contribution in [-0.4, -0.2) is 18.0 Å². The minimum atomic E-state index is 0.0902. The van der Waals surface area contributed by atoms with Gasteiger partial charge in [0.25, 0.3) is 0 Å². The van der Waals surface area contributed by atoms with E-state index in [9.17, 15) is 9.90 Å². The summed E-state index contributed by atoms with van der Waals surface area (Å²) < 4.78 is 5.23. The first-order valence-electron chi connectivity index (χ1n) is 8.04. The highest BCUT2D eigenvalue weighted by Crippen LogP contribution is 2.29. The van der Waals surface area contributed by atoms with Gasteiger partial charge in [0.05, 0.1) is 7.11 Å². The summed E-state index contributed by atoms with van der Waals surface area (Å²) in [4.78, 5) is 12.7. The van der Waals surface area contributed by atoms with Crippen LogP contribution >= 0.6 is 0 Å². The number of hydrogen-bond acceptors (Lipinski definition) is 3. The van der Waals surface area contributed by atoms with Crippen LogP contribution in [-0.2, 0) is 4.79 Å². The van der Waals surface area contributed by atoms with Gasteiger partial charge in [0.15, 0.2) is 5.78 Å². The van der Waals surface area contributed by atoms with Gasteiger partial charge >= 0.3 is 0 Å². The number of hydrogen-bond donors (Lipinski definition) is 1. The van der Waals surface area contributed by atoms with Crippen molar-refractivity contribution in [1.82, 2.24) is 0 Å². The first-order chi connectivity index (χ1) is 11.7. The van der Waals surface area contributed by atoms with Crippen molar-refractivity contribution >= 4 is 17.9 Å². The predicted molar refractivity (Wildman–Crippen MR) is 95.9 cm³/mol. The number of allylic oxidation sites excluding steroid dienone is 2. The third-order valence-corrected chi connectivity index (χ3v) is 4.12. The molecule has 1 saturated carbocycles. The molecule has 0 unspecified atom stereocenters. The summed E-state index contributed by atoms with van der Waals surface area (Å²) in [7, 11) is 1.63. The minimum absolute atomic E-state index is 0.0902. The molecule has 3 nitrogen and oxygen atoms in total. The van der Waals surface area contributed by atoms with Crippen molar-refractivity contribution in [2.75, 3.05) is 7.11 Å². The SMILES string of the molecule is COc1cccc(C=C2CCCC(=Cc3cccc(O)c3)C2=O)c1.